The Morgan fingerprint density at radius 2 is 1.87 bits per heavy atom. The third kappa shape index (κ3) is 4.55. The van der Waals surface area contributed by atoms with Crippen LogP contribution in [0.1, 0.15) is 38.2 Å². The average Bonchev–Trinajstić information content (AvgIpc) is 2.69. The summed E-state index contributed by atoms with van der Waals surface area (Å²) in [5.41, 5.74) is 0.142. The molecule has 1 aromatic heterocycles. The van der Waals surface area contributed by atoms with Gasteiger partial charge >= 0.3 is 0 Å². The molecule has 1 fully saturated rings. The van der Waals surface area contributed by atoms with Gasteiger partial charge in [0.2, 0.25) is 17.8 Å². The number of aromatic nitrogens is 2. The van der Waals surface area contributed by atoms with E-state index in [1.165, 1.54) is 6.07 Å². The van der Waals surface area contributed by atoms with Crippen molar-refractivity contribution >= 4 is 52.5 Å². The van der Waals surface area contributed by atoms with Gasteiger partial charge in [-0.1, -0.05) is 37.0 Å². The molecule has 2 amide bonds. The Morgan fingerprint density at radius 3 is 2.55 bits per heavy atom. The largest absolute Gasteiger partial charge is 0.342 e. The number of rotatable bonds is 3. The molecule has 3 heterocycles. The van der Waals surface area contributed by atoms with Crippen LogP contribution in [0.25, 0.3) is 0 Å². The molecule has 31 heavy (non-hydrogen) atoms. The second kappa shape index (κ2) is 8.51. The number of anilines is 3. The monoisotopic (exact) mass is 463 g/mol. The predicted molar refractivity (Wildman–Crippen MR) is 121 cm³/mol. The highest BCUT2D eigenvalue weighted by molar-refractivity contribution is 6.42. The van der Waals surface area contributed by atoms with Gasteiger partial charge in [0.05, 0.1) is 21.5 Å². The number of carbonyl (C=O) groups excluding carboxylic acids is 2. The van der Waals surface area contributed by atoms with Crippen LogP contribution >= 0.6 is 23.2 Å². The SMILES string of the molecule is C[C@@H]1C[C@H](C)CN(c2nc3c(c(=O)[nH]2)[C@H](C(=O)Nc2ccc(Cl)c(Cl)c2)CC(=O)N3)C1. The second-order valence-corrected chi connectivity index (χ2v) is 9.24. The molecule has 10 heteroatoms. The van der Waals surface area contributed by atoms with E-state index in [4.69, 9.17) is 23.2 Å². The van der Waals surface area contributed by atoms with E-state index in [1.807, 2.05) is 4.90 Å². The van der Waals surface area contributed by atoms with Gasteiger partial charge in [-0.25, -0.2) is 0 Å². The molecule has 0 saturated carbocycles. The van der Waals surface area contributed by atoms with Gasteiger partial charge in [0, 0.05) is 25.2 Å². The van der Waals surface area contributed by atoms with E-state index in [1.54, 1.807) is 12.1 Å². The summed E-state index contributed by atoms with van der Waals surface area (Å²) in [4.78, 5) is 47.5. The molecule has 3 N–H and O–H groups in total. The Labute approximate surface area is 189 Å². The maximum absolute atomic E-state index is 13.0. The molecule has 0 bridgehead atoms. The number of fused-ring (bicyclic) bond motifs is 1. The maximum Gasteiger partial charge on any atom is 0.258 e. The highest BCUT2D eigenvalue weighted by Gasteiger charge is 2.35. The molecule has 1 saturated heterocycles. The number of amides is 2. The fourth-order valence-electron chi connectivity index (χ4n) is 4.37. The smallest absolute Gasteiger partial charge is 0.258 e. The molecule has 0 radical (unpaired) electrons. The van der Waals surface area contributed by atoms with E-state index < -0.39 is 17.4 Å². The topological polar surface area (TPSA) is 107 Å². The number of H-pyrrole nitrogens is 1. The fourth-order valence-corrected chi connectivity index (χ4v) is 4.67. The van der Waals surface area contributed by atoms with E-state index >= 15 is 0 Å². The van der Waals surface area contributed by atoms with E-state index in [0.29, 0.717) is 28.5 Å². The van der Waals surface area contributed by atoms with Crippen LogP contribution in [-0.4, -0.2) is 34.9 Å². The second-order valence-electron chi connectivity index (χ2n) is 8.43. The van der Waals surface area contributed by atoms with Gasteiger partial charge in [0.15, 0.2) is 0 Å². The minimum Gasteiger partial charge on any atom is -0.342 e. The lowest BCUT2D eigenvalue weighted by atomic mass is 9.91. The van der Waals surface area contributed by atoms with Crippen LogP contribution in [0.15, 0.2) is 23.0 Å². The van der Waals surface area contributed by atoms with Crippen molar-refractivity contribution in [2.75, 3.05) is 28.6 Å². The Balaban J connectivity index is 1.64. The standard InChI is InChI=1S/C21H23Cl2N5O3/c1-10-5-11(2)9-28(8-10)21-26-18-17(20(31)27-21)13(7-16(29)25-18)19(30)24-12-3-4-14(22)15(23)6-12/h3-4,6,10-11,13H,5,7-9H2,1-2H3,(H,24,30)(H2,25,26,27,29,31)/t10-,11+,13-/m1/s1. The average molecular weight is 464 g/mol. The van der Waals surface area contributed by atoms with E-state index in [2.05, 4.69) is 34.4 Å². The molecule has 4 rings (SSSR count). The summed E-state index contributed by atoms with van der Waals surface area (Å²) in [6.07, 6.45) is 0.960. The number of halogens is 2. The Kier molecular flexibility index (Phi) is 5.94. The minimum atomic E-state index is -0.970. The van der Waals surface area contributed by atoms with Crippen LogP contribution in [0, 0.1) is 11.8 Å². The van der Waals surface area contributed by atoms with Gasteiger partial charge in [0.25, 0.3) is 5.56 Å². The lowest BCUT2D eigenvalue weighted by Crippen LogP contribution is -2.42. The quantitative estimate of drug-likeness (QED) is 0.643. The summed E-state index contributed by atoms with van der Waals surface area (Å²) in [5, 5.41) is 6.00. The molecule has 0 unspecified atom stereocenters. The molecule has 2 aliphatic rings. The van der Waals surface area contributed by atoms with Crippen LogP contribution in [0.2, 0.25) is 10.0 Å². The van der Waals surface area contributed by atoms with Gasteiger partial charge in [-0.15, -0.1) is 0 Å². The number of carbonyl (C=O) groups is 2. The summed E-state index contributed by atoms with van der Waals surface area (Å²) in [6.45, 7) is 5.84. The highest BCUT2D eigenvalue weighted by atomic mass is 35.5. The van der Waals surface area contributed by atoms with Gasteiger partial charge < -0.3 is 15.5 Å². The van der Waals surface area contributed by atoms with E-state index in [-0.39, 0.29) is 28.7 Å². The zero-order valence-corrected chi connectivity index (χ0v) is 18.7. The molecule has 2 aliphatic heterocycles. The molecular weight excluding hydrogens is 441 g/mol. The van der Waals surface area contributed by atoms with Crippen molar-refractivity contribution in [3.05, 3.63) is 44.2 Å². The third-order valence-electron chi connectivity index (χ3n) is 5.61. The number of aromatic amines is 1. The molecule has 0 spiro atoms. The molecule has 1 aromatic carbocycles. The first-order chi connectivity index (χ1) is 14.7. The van der Waals surface area contributed by atoms with Crippen LogP contribution < -0.4 is 21.1 Å². The van der Waals surface area contributed by atoms with Crippen LogP contribution in [-0.2, 0) is 9.59 Å². The summed E-state index contributed by atoms with van der Waals surface area (Å²) in [5.74, 6) is -0.361. The summed E-state index contributed by atoms with van der Waals surface area (Å²) in [7, 11) is 0. The van der Waals surface area contributed by atoms with Gasteiger partial charge in [-0.3, -0.25) is 19.4 Å². The summed E-state index contributed by atoms with van der Waals surface area (Å²) < 4.78 is 0. The van der Waals surface area contributed by atoms with E-state index in [9.17, 15) is 14.4 Å². The number of hydrogen-bond donors (Lipinski definition) is 3. The Morgan fingerprint density at radius 1 is 1.16 bits per heavy atom. The zero-order valence-electron chi connectivity index (χ0n) is 17.2. The van der Waals surface area contributed by atoms with Crippen molar-refractivity contribution in [1.82, 2.24) is 9.97 Å². The van der Waals surface area contributed by atoms with Gasteiger partial charge in [-0.05, 0) is 36.5 Å². The highest BCUT2D eigenvalue weighted by Crippen LogP contribution is 2.32. The molecule has 3 atom stereocenters. The van der Waals surface area contributed by atoms with Crippen molar-refractivity contribution in [2.45, 2.75) is 32.6 Å². The first kappa shape index (κ1) is 21.6. The predicted octanol–water partition coefficient (Wildman–Crippen LogP) is 3.62. The maximum atomic E-state index is 13.0. The summed E-state index contributed by atoms with van der Waals surface area (Å²) >= 11 is 11.9. The third-order valence-corrected chi connectivity index (χ3v) is 6.35. The number of nitrogens with one attached hydrogen (secondary N) is 3. The van der Waals surface area contributed by atoms with Crippen molar-refractivity contribution in [1.29, 1.82) is 0 Å². The molecule has 2 aromatic rings. The van der Waals surface area contributed by atoms with Crippen molar-refractivity contribution < 1.29 is 9.59 Å². The number of nitrogens with zero attached hydrogens (tertiary/aromatic N) is 2. The summed E-state index contributed by atoms with van der Waals surface area (Å²) in [6, 6.07) is 4.67. The number of benzene rings is 1. The first-order valence-corrected chi connectivity index (χ1v) is 10.9. The Bertz CT molecular complexity index is 1090. The molecule has 8 nitrogen and oxygen atoms in total. The zero-order chi connectivity index (χ0) is 22.3. The van der Waals surface area contributed by atoms with Crippen LogP contribution in [0.5, 0.6) is 0 Å². The normalized spacial score (nSPS) is 23.2. The fraction of sp³-hybridized carbons (Fsp3) is 0.429. The van der Waals surface area contributed by atoms with Crippen LogP contribution in [0.4, 0.5) is 17.5 Å². The first-order valence-electron chi connectivity index (χ1n) is 10.2. The van der Waals surface area contributed by atoms with E-state index in [0.717, 1.165) is 19.5 Å². The lowest BCUT2D eigenvalue weighted by molar-refractivity contribution is -0.123. The minimum absolute atomic E-state index is 0.134. The lowest BCUT2D eigenvalue weighted by Gasteiger charge is -2.35. The number of hydrogen-bond acceptors (Lipinski definition) is 5. The molecule has 164 valence electrons. The Hall–Kier alpha value is -2.58. The van der Waals surface area contributed by atoms with Crippen molar-refractivity contribution in [3.63, 3.8) is 0 Å². The molecular formula is C21H23Cl2N5O3. The van der Waals surface area contributed by atoms with Crippen LogP contribution in [0.3, 0.4) is 0 Å². The molecule has 0 aliphatic carbocycles. The van der Waals surface area contributed by atoms with Gasteiger partial charge in [-0.2, -0.15) is 4.98 Å². The van der Waals surface area contributed by atoms with Crippen molar-refractivity contribution in [2.24, 2.45) is 11.8 Å². The van der Waals surface area contributed by atoms with Crippen molar-refractivity contribution in [3.8, 4) is 0 Å². The number of piperidine rings is 1. The van der Waals surface area contributed by atoms with Gasteiger partial charge in [0.1, 0.15) is 5.82 Å².